The number of anilines is 1. The van der Waals surface area contributed by atoms with Crippen molar-refractivity contribution in [2.75, 3.05) is 37.7 Å². The first-order valence-electron chi connectivity index (χ1n) is 10.5. The quantitative estimate of drug-likeness (QED) is 0.556. The van der Waals surface area contributed by atoms with Gasteiger partial charge in [-0.15, -0.1) is 0 Å². The Balaban J connectivity index is 1.31. The van der Waals surface area contributed by atoms with Gasteiger partial charge in [0.2, 0.25) is 11.7 Å². The highest BCUT2D eigenvalue weighted by molar-refractivity contribution is 5.79. The summed E-state index contributed by atoms with van der Waals surface area (Å²) in [4.78, 5) is 24.2. The average Bonchev–Trinajstić information content (AvgIpc) is 3.32. The number of hydrogen-bond donors (Lipinski definition) is 0. The van der Waals surface area contributed by atoms with E-state index in [0.29, 0.717) is 50.6 Å². The van der Waals surface area contributed by atoms with Gasteiger partial charge < -0.3 is 19.1 Å². The van der Waals surface area contributed by atoms with Crippen molar-refractivity contribution in [1.82, 2.24) is 20.0 Å². The number of carbonyl (C=O) groups excluding carboxylic acids is 1. The Kier molecular flexibility index (Phi) is 6.47. The molecule has 1 aliphatic heterocycles. The lowest BCUT2D eigenvalue weighted by Gasteiger charge is -2.35. The Hall–Kier alpha value is -3.63. The highest BCUT2D eigenvalue weighted by Gasteiger charge is 2.38. The Morgan fingerprint density at radius 1 is 1.09 bits per heavy atom. The van der Waals surface area contributed by atoms with Gasteiger partial charge in [-0.05, 0) is 36.8 Å². The van der Waals surface area contributed by atoms with Crippen LogP contribution < -0.4 is 9.64 Å². The van der Waals surface area contributed by atoms with Crippen LogP contribution in [0.2, 0.25) is 0 Å². The molecule has 0 unspecified atom stereocenters. The molecule has 0 saturated carbocycles. The minimum absolute atomic E-state index is 0.0553. The van der Waals surface area contributed by atoms with Crippen LogP contribution in [0.3, 0.4) is 0 Å². The van der Waals surface area contributed by atoms with E-state index < -0.39 is 12.1 Å². The normalized spacial score (nSPS) is 14.4. The lowest BCUT2D eigenvalue weighted by molar-refractivity contribution is -0.159. The largest absolute Gasteiger partial charge is 0.494 e. The van der Waals surface area contributed by atoms with Gasteiger partial charge in [0.05, 0.1) is 13.0 Å². The van der Waals surface area contributed by atoms with Crippen molar-refractivity contribution in [3.8, 4) is 17.1 Å². The Bertz CT molecular complexity index is 1080. The zero-order chi connectivity index (χ0) is 23.4. The third kappa shape index (κ3) is 5.41. The number of carbonyl (C=O) groups is 1. The number of benzene rings is 1. The van der Waals surface area contributed by atoms with Crippen molar-refractivity contribution in [1.29, 1.82) is 0 Å². The van der Waals surface area contributed by atoms with Crippen LogP contribution in [0.15, 0.2) is 47.1 Å². The molecule has 3 aromatic rings. The average molecular weight is 461 g/mol. The van der Waals surface area contributed by atoms with Gasteiger partial charge in [-0.1, -0.05) is 17.3 Å². The number of piperazine rings is 1. The highest BCUT2D eigenvalue weighted by atomic mass is 19.4. The number of ether oxygens (including phenoxy) is 1. The molecule has 4 rings (SSSR count). The number of aromatic nitrogens is 3. The van der Waals surface area contributed by atoms with E-state index in [1.54, 1.807) is 12.1 Å². The van der Waals surface area contributed by atoms with E-state index in [2.05, 4.69) is 19.6 Å². The van der Waals surface area contributed by atoms with Crippen molar-refractivity contribution >= 4 is 11.7 Å². The second kappa shape index (κ2) is 9.47. The van der Waals surface area contributed by atoms with Gasteiger partial charge in [-0.3, -0.25) is 4.79 Å². The van der Waals surface area contributed by atoms with Crippen LogP contribution in [0.25, 0.3) is 11.4 Å². The van der Waals surface area contributed by atoms with Crippen molar-refractivity contribution in [3.63, 3.8) is 0 Å². The van der Waals surface area contributed by atoms with E-state index in [1.165, 1.54) is 6.20 Å². The maximum Gasteiger partial charge on any atom is 0.471 e. The molecule has 0 bridgehead atoms. The van der Waals surface area contributed by atoms with Gasteiger partial charge in [-0.25, -0.2) is 4.98 Å². The van der Waals surface area contributed by atoms with E-state index in [4.69, 9.17) is 4.74 Å². The molecule has 1 saturated heterocycles. The molecule has 174 valence electrons. The van der Waals surface area contributed by atoms with Crippen molar-refractivity contribution < 1.29 is 27.2 Å². The Morgan fingerprint density at radius 3 is 2.39 bits per heavy atom. The van der Waals surface area contributed by atoms with Gasteiger partial charge in [0.15, 0.2) is 0 Å². The SMILES string of the molecule is CCOc1ccc(CC(=O)N2CCN(c3ccc(-c4noc(C(F)(F)F)n4)cn3)CC2)cc1. The summed E-state index contributed by atoms with van der Waals surface area (Å²) in [7, 11) is 0. The first kappa shape index (κ1) is 22.6. The van der Waals surface area contributed by atoms with Crippen molar-refractivity contribution in [2.24, 2.45) is 0 Å². The molecular formula is C22H22F3N5O3. The van der Waals surface area contributed by atoms with Crippen LogP contribution in [0, 0.1) is 0 Å². The Labute approximate surface area is 188 Å². The first-order valence-corrected chi connectivity index (χ1v) is 10.5. The van der Waals surface area contributed by atoms with Crippen molar-refractivity contribution in [3.05, 3.63) is 54.0 Å². The fourth-order valence-electron chi connectivity index (χ4n) is 3.50. The van der Waals surface area contributed by atoms with Crippen LogP contribution in [-0.2, 0) is 17.4 Å². The van der Waals surface area contributed by atoms with Crippen LogP contribution in [0.1, 0.15) is 18.4 Å². The van der Waals surface area contributed by atoms with E-state index >= 15 is 0 Å². The van der Waals surface area contributed by atoms with Gasteiger partial charge in [0.25, 0.3) is 0 Å². The molecule has 1 fully saturated rings. The monoisotopic (exact) mass is 461 g/mol. The summed E-state index contributed by atoms with van der Waals surface area (Å²) in [5.41, 5.74) is 1.25. The third-order valence-electron chi connectivity index (χ3n) is 5.22. The smallest absolute Gasteiger partial charge is 0.471 e. The first-order chi connectivity index (χ1) is 15.8. The molecule has 1 amide bonds. The topological polar surface area (TPSA) is 84.6 Å². The zero-order valence-corrected chi connectivity index (χ0v) is 17.9. The second-order valence-electron chi connectivity index (χ2n) is 7.45. The summed E-state index contributed by atoms with van der Waals surface area (Å²) in [6, 6.07) is 10.8. The summed E-state index contributed by atoms with van der Waals surface area (Å²) < 4.78 is 47.6. The number of hydrogen-bond acceptors (Lipinski definition) is 7. The number of rotatable bonds is 6. The van der Waals surface area contributed by atoms with E-state index in [0.717, 1.165) is 11.3 Å². The van der Waals surface area contributed by atoms with Crippen LogP contribution in [0.5, 0.6) is 5.75 Å². The van der Waals surface area contributed by atoms with Gasteiger partial charge in [0.1, 0.15) is 11.6 Å². The summed E-state index contributed by atoms with van der Waals surface area (Å²) in [5.74, 6) is -0.0729. The third-order valence-corrected chi connectivity index (χ3v) is 5.22. The molecule has 1 aliphatic rings. The summed E-state index contributed by atoms with van der Waals surface area (Å²) >= 11 is 0. The number of amides is 1. The van der Waals surface area contributed by atoms with E-state index in [9.17, 15) is 18.0 Å². The lowest BCUT2D eigenvalue weighted by atomic mass is 10.1. The molecular weight excluding hydrogens is 439 g/mol. The minimum atomic E-state index is -4.69. The Morgan fingerprint density at radius 2 is 1.82 bits per heavy atom. The molecule has 0 aliphatic carbocycles. The molecule has 0 radical (unpaired) electrons. The summed E-state index contributed by atoms with van der Waals surface area (Å²) in [6.07, 6.45) is -2.96. The van der Waals surface area contributed by atoms with Gasteiger partial charge >= 0.3 is 12.1 Å². The summed E-state index contributed by atoms with van der Waals surface area (Å²) in [5, 5.41) is 3.36. The standard InChI is InChI=1S/C22H22F3N5O3/c1-2-32-17-6-3-15(4-7-17)13-19(31)30-11-9-29(10-12-30)18-8-5-16(14-26-18)20-27-21(33-28-20)22(23,24)25/h3-8,14H,2,9-13H2,1H3. The lowest BCUT2D eigenvalue weighted by Crippen LogP contribution is -2.49. The van der Waals surface area contributed by atoms with E-state index in [1.807, 2.05) is 41.0 Å². The number of halogens is 3. The molecule has 2 aromatic heterocycles. The van der Waals surface area contributed by atoms with Gasteiger partial charge in [-0.2, -0.15) is 18.2 Å². The molecule has 11 heteroatoms. The predicted molar refractivity (Wildman–Crippen MR) is 113 cm³/mol. The fourth-order valence-corrected chi connectivity index (χ4v) is 3.50. The summed E-state index contributed by atoms with van der Waals surface area (Å²) in [6.45, 7) is 4.82. The zero-order valence-electron chi connectivity index (χ0n) is 17.9. The van der Waals surface area contributed by atoms with Crippen LogP contribution >= 0.6 is 0 Å². The fraction of sp³-hybridized carbons (Fsp3) is 0.364. The van der Waals surface area contributed by atoms with Crippen LogP contribution in [0.4, 0.5) is 19.0 Å². The molecule has 1 aromatic carbocycles. The molecule has 8 nitrogen and oxygen atoms in total. The van der Waals surface area contributed by atoms with Crippen molar-refractivity contribution in [2.45, 2.75) is 19.5 Å². The predicted octanol–water partition coefficient (Wildman–Crippen LogP) is 3.44. The molecule has 0 spiro atoms. The van der Waals surface area contributed by atoms with E-state index in [-0.39, 0.29) is 11.7 Å². The number of alkyl halides is 3. The molecule has 0 atom stereocenters. The van der Waals surface area contributed by atoms with Crippen LogP contribution in [-0.4, -0.2) is 58.7 Å². The maximum absolute atomic E-state index is 12.7. The number of pyridine rings is 1. The highest BCUT2D eigenvalue weighted by Crippen LogP contribution is 2.29. The molecule has 0 N–H and O–H groups in total. The maximum atomic E-state index is 12.7. The minimum Gasteiger partial charge on any atom is -0.494 e. The number of nitrogens with zero attached hydrogens (tertiary/aromatic N) is 5. The second-order valence-corrected chi connectivity index (χ2v) is 7.45. The van der Waals surface area contributed by atoms with Gasteiger partial charge in [0, 0.05) is 37.9 Å². The molecule has 3 heterocycles. The molecule has 33 heavy (non-hydrogen) atoms.